The van der Waals surface area contributed by atoms with Crippen LogP contribution in [0.15, 0.2) is 59.7 Å². The number of phenols is 1. The first-order valence-electron chi connectivity index (χ1n) is 10.3. The maximum absolute atomic E-state index is 12.5. The Labute approximate surface area is 180 Å². The minimum absolute atomic E-state index is 0.0938. The number of carbonyl (C=O) groups is 1. The van der Waals surface area contributed by atoms with Crippen LogP contribution in [-0.4, -0.2) is 43.0 Å². The molecule has 0 fully saturated rings. The van der Waals surface area contributed by atoms with E-state index in [0.717, 1.165) is 29.5 Å². The number of ether oxygens (including phenoxy) is 2. The van der Waals surface area contributed by atoms with E-state index in [1.807, 2.05) is 42.5 Å². The summed E-state index contributed by atoms with van der Waals surface area (Å²) in [6, 6.07) is 17.0. The predicted octanol–water partition coefficient (Wildman–Crippen LogP) is 3.68. The molecule has 7 nitrogen and oxygen atoms in total. The van der Waals surface area contributed by atoms with Crippen molar-refractivity contribution in [1.82, 2.24) is 5.43 Å². The van der Waals surface area contributed by atoms with Gasteiger partial charge in [0.25, 0.3) is 5.91 Å². The summed E-state index contributed by atoms with van der Waals surface area (Å²) < 4.78 is 11.6. The lowest BCUT2D eigenvalue weighted by Gasteiger charge is -2.25. The fourth-order valence-electron chi connectivity index (χ4n) is 3.55. The monoisotopic (exact) mass is 419 g/mol. The Hall–Kier alpha value is -3.74. The van der Waals surface area contributed by atoms with Crippen LogP contribution in [0, 0.1) is 0 Å². The molecule has 1 amide bonds. The van der Waals surface area contributed by atoms with Crippen LogP contribution < -0.4 is 19.8 Å². The van der Waals surface area contributed by atoms with Gasteiger partial charge in [0.2, 0.25) is 6.10 Å². The number of anilines is 1. The number of hydrogen-bond acceptors (Lipinski definition) is 6. The number of carbonyl (C=O) groups excluding carboxylic acids is 1. The number of hydrogen-bond donors (Lipinski definition) is 2. The standard InChI is InChI=1S/C24H25N3O4/c1-3-27(4-2)19-10-9-18(20(28)13-19)14-25-26-24(29)23-15-30-21-11-16-7-5-6-8-17(16)12-22(21)31-23/h5-14,23,28H,3-4,15H2,1-2H3,(H,26,29)/b25-14+/t23-/m0/s1. The van der Waals surface area contributed by atoms with Gasteiger partial charge in [-0.25, -0.2) is 5.43 Å². The van der Waals surface area contributed by atoms with Gasteiger partial charge in [-0.1, -0.05) is 24.3 Å². The third-order valence-electron chi connectivity index (χ3n) is 5.28. The molecule has 31 heavy (non-hydrogen) atoms. The van der Waals surface area contributed by atoms with E-state index in [2.05, 4.69) is 29.3 Å². The van der Waals surface area contributed by atoms with Gasteiger partial charge in [0, 0.05) is 30.4 Å². The van der Waals surface area contributed by atoms with Crippen molar-refractivity contribution in [3.63, 3.8) is 0 Å². The number of aromatic hydroxyl groups is 1. The van der Waals surface area contributed by atoms with Crippen LogP contribution in [0.1, 0.15) is 19.4 Å². The van der Waals surface area contributed by atoms with Crippen molar-refractivity contribution in [2.75, 3.05) is 24.6 Å². The minimum Gasteiger partial charge on any atom is -0.507 e. The predicted molar refractivity (Wildman–Crippen MR) is 121 cm³/mol. The second kappa shape index (κ2) is 8.95. The van der Waals surface area contributed by atoms with Crippen LogP contribution in [0.5, 0.6) is 17.2 Å². The highest BCUT2D eigenvalue weighted by atomic mass is 16.6. The molecule has 0 unspecified atom stereocenters. The molecular weight excluding hydrogens is 394 g/mol. The first-order valence-corrected chi connectivity index (χ1v) is 10.3. The van der Waals surface area contributed by atoms with Gasteiger partial charge in [-0.3, -0.25) is 4.79 Å². The van der Waals surface area contributed by atoms with Gasteiger partial charge in [0.1, 0.15) is 12.4 Å². The summed E-state index contributed by atoms with van der Waals surface area (Å²) in [6.45, 7) is 5.91. The van der Waals surface area contributed by atoms with Crippen molar-refractivity contribution < 1.29 is 19.4 Å². The summed E-state index contributed by atoms with van der Waals surface area (Å²) in [5.41, 5.74) is 3.90. The number of fused-ring (bicyclic) bond motifs is 2. The van der Waals surface area contributed by atoms with E-state index in [1.54, 1.807) is 12.1 Å². The largest absolute Gasteiger partial charge is 0.507 e. The first-order chi connectivity index (χ1) is 15.1. The molecule has 7 heteroatoms. The molecule has 0 radical (unpaired) electrons. The van der Waals surface area contributed by atoms with Gasteiger partial charge in [0.05, 0.1) is 6.21 Å². The number of phenolic OH excluding ortho intramolecular Hbond substituents is 1. The number of hydrazone groups is 1. The van der Waals surface area contributed by atoms with Crippen LogP contribution in [0.25, 0.3) is 10.8 Å². The molecule has 4 rings (SSSR count). The number of amides is 1. The van der Waals surface area contributed by atoms with E-state index in [1.165, 1.54) is 6.21 Å². The Morgan fingerprint density at radius 3 is 2.52 bits per heavy atom. The number of nitrogens with zero attached hydrogens (tertiary/aromatic N) is 2. The average Bonchev–Trinajstić information content (AvgIpc) is 2.79. The average molecular weight is 419 g/mol. The number of nitrogens with one attached hydrogen (secondary N) is 1. The molecule has 0 bridgehead atoms. The lowest BCUT2D eigenvalue weighted by Crippen LogP contribution is -2.42. The molecule has 1 heterocycles. The van der Waals surface area contributed by atoms with E-state index in [4.69, 9.17) is 9.47 Å². The van der Waals surface area contributed by atoms with Crippen molar-refractivity contribution in [2.24, 2.45) is 5.10 Å². The lowest BCUT2D eigenvalue weighted by atomic mass is 10.1. The van der Waals surface area contributed by atoms with Crippen LogP contribution >= 0.6 is 0 Å². The topological polar surface area (TPSA) is 83.4 Å². The fourth-order valence-corrected chi connectivity index (χ4v) is 3.55. The summed E-state index contributed by atoms with van der Waals surface area (Å²) >= 11 is 0. The van der Waals surface area contributed by atoms with Crippen molar-refractivity contribution in [2.45, 2.75) is 20.0 Å². The van der Waals surface area contributed by atoms with Gasteiger partial charge in [-0.15, -0.1) is 0 Å². The van der Waals surface area contributed by atoms with Crippen LogP contribution in [0.2, 0.25) is 0 Å². The highest BCUT2D eigenvalue weighted by molar-refractivity contribution is 5.88. The molecule has 0 spiro atoms. The van der Waals surface area contributed by atoms with Crippen molar-refractivity contribution in [3.05, 3.63) is 60.2 Å². The number of rotatable bonds is 6. The molecular formula is C24H25N3O4. The normalized spacial score (nSPS) is 15.2. The highest BCUT2D eigenvalue weighted by Gasteiger charge is 2.27. The van der Waals surface area contributed by atoms with Gasteiger partial charge < -0.3 is 19.5 Å². The summed E-state index contributed by atoms with van der Waals surface area (Å²) in [6.07, 6.45) is 0.592. The second-order valence-corrected chi connectivity index (χ2v) is 7.21. The molecule has 3 aromatic carbocycles. The zero-order valence-electron chi connectivity index (χ0n) is 17.5. The molecule has 1 aliphatic heterocycles. The second-order valence-electron chi connectivity index (χ2n) is 7.21. The zero-order chi connectivity index (χ0) is 21.8. The quantitative estimate of drug-likeness (QED) is 0.470. The fraction of sp³-hybridized carbons (Fsp3) is 0.250. The maximum Gasteiger partial charge on any atom is 0.284 e. The Kier molecular flexibility index (Phi) is 5.93. The Balaban J connectivity index is 1.40. The molecule has 1 atom stereocenters. The Morgan fingerprint density at radius 1 is 1.13 bits per heavy atom. The molecule has 0 aromatic heterocycles. The van der Waals surface area contributed by atoms with E-state index >= 15 is 0 Å². The van der Waals surface area contributed by atoms with Gasteiger partial charge >= 0.3 is 0 Å². The third kappa shape index (κ3) is 4.40. The van der Waals surface area contributed by atoms with E-state index < -0.39 is 12.0 Å². The molecule has 0 saturated heterocycles. The van der Waals surface area contributed by atoms with Gasteiger partial charge in [0.15, 0.2) is 11.5 Å². The summed E-state index contributed by atoms with van der Waals surface area (Å²) in [5, 5.41) is 16.3. The van der Waals surface area contributed by atoms with Crippen LogP contribution in [0.3, 0.4) is 0 Å². The molecule has 3 aromatic rings. The first kappa shape index (κ1) is 20.5. The maximum atomic E-state index is 12.5. The van der Waals surface area contributed by atoms with Crippen LogP contribution in [0.4, 0.5) is 5.69 Å². The van der Waals surface area contributed by atoms with Crippen molar-refractivity contribution in [1.29, 1.82) is 0 Å². The summed E-state index contributed by atoms with van der Waals surface area (Å²) in [7, 11) is 0. The van der Waals surface area contributed by atoms with E-state index in [9.17, 15) is 9.90 Å². The third-order valence-corrected chi connectivity index (χ3v) is 5.28. The molecule has 160 valence electrons. The smallest absolute Gasteiger partial charge is 0.284 e. The minimum atomic E-state index is -0.815. The summed E-state index contributed by atoms with van der Waals surface area (Å²) in [5.74, 6) is 0.818. The highest BCUT2D eigenvalue weighted by Crippen LogP contribution is 2.35. The SMILES string of the molecule is CCN(CC)c1ccc(/C=N/NC(=O)[C@@H]2COc3cc4ccccc4cc3O2)c(O)c1. The Morgan fingerprint density at radius 2 is 1.84 bits per heavy atom. The van der Waals surface area contributed by atoms with Crippen molar-refractivity contribution in [3.8, 4) is 17.2 Å². The molecule has 0 saturated carbocycles. The Bertz CT molecular complexity index is 1130. The summed E-state index contributed by atoms with van der Waals surface area (Å²) in [4.78, 5) is 14.6. The van der Waals surface area contributed by atoms with E-state index in [0.29, 0.717) is 17.1 Å². The molecule has 1 aliphatic rings. The van der Waals surface area contributed by atoms with Gasteiger partial charge in [-0.05, 0) is 48.9 Å². The van der Waals surface area contributed by atoms with E-state index in [-0.39, 0.29) is 12.4 Å². The molecule has 2 N–H and O–H groups in total. The van der Waals surface area contributed by atoms with Crippen molar-refractivity contribution >= 4 is 28.6 Å². The lowest BCUT2D eigenvalue weighted by molar-refractivity contribution is -0.130. The number of benzene rings is 3. The molecule has 0 aliphatic carbocycles. The van der Waals surface area contributed by atoms with Gasteiger partial charge in [-0.2, -0.15) is 5.10 Å². The zero-order valence-corrected chi connectivity index (χ0v) is 17.5. The van der Waals surface area contributed by atoms with Crippen LogP contribution in [-0.2, 0) is 4.79 Å².